The molecule has 2 fully saturated rings. The average molecular weight is 317 g/mol. The number of aliphatic carboxylic acids is 1. The van der Waals surface area contributed by atoms with Crippen molar-refractivity contribution >= 4 is 21.7 Å². The largest absolute Gasteiger partial charge is 0.481 e. The van der Waals surface area contributed by atoms with Gasteiger partial charge in [-0.15, -0.1) is 0 Å². The molecular weight excluding hydrogens is 294 g/mol. The Hall–Kier alpha value is -1.11. The minimum Gasteiger partial charge on any atom is -0.481 e. The molecule has 120 valence electrons. The highest BCUT2D eigenvalue weighted by Crippen LogP contribution is 2.30. The predicted molar refractivity (Wildman–Crippen MR) is 77.5 cm³/mol. The zero-order valence-electron chi connectivity index (χ0n) is 12.1. The molecule has 21 heavy (non-hydrogen) atoms. The maximum absolute atomic E-state index is 11.9. The lowest BCUT2D eigenvalue weighted by Gasteiger charge is -2.28. The Morgan fingerprint density at radius 3 is 2.48 bits per heavy atom. The molecule has 6 nitrogen and oxygen atoms in total. The van der Waals surface area contributed by atoms with Gasteiger partial charge in [-0.2, -0.15) is 0 Å². The summed E-state index contributed by atoms with van der Waals surface area (Å²) in [6.45, 7) is 0.384. The molecule has 1 heterocycles. The van der Waals surface area contributed by atoms with Gasteiger partial charge in [0.05, 0.1) is 17.4 Å². The van der Waals surface area contributed by atoms with Gasteiger partial charge in [0, 0.05) is 13.0 Å². The number of amides is 1. The topological polar surface area (TPSA) is 101 Å². The second-order valence-corrected chi connectivity index (χ2v) is 8.50. The molecule has 0 bridgehead atoms. The van der Waals surface area contributed by atoms with Crippen LogP contribution in [0, 0.1) is 17.8 Å². The van der Waals surface area contributed by atoms with Crippen LogP contribution in [0.25, 0.3) is 0 Å². The Labute approximate surface area is 125 Å². The Bertz CT molecular complexity index is 501. The second kappa shape index (κ2) is 6.77. The number of hydrogen-bond acceptors (Lipinski definition) is 4. The molecule has 0 spiro atoms. The second-order valence-electron chi connectivity index (χ2n) is 6.27. The van der Waals surface area contributed by atoms with E-state index >= 15 is 0 Å². The Morgan fingerprint density at radius 2 is 1.86 bits per heavy atom. The molecule has 3 atom stereocenters. The number of carboxylic acid groups (broad SMARTS) is 1. The van der Waals surface area contributed by atoms with E-state index in [0.29, 0.717) is 19.4 Å². The van der Waals surface area contributed by atoms with Gasteiger partial charge in [0.15, 0.2) is 9.84 Å². The van der Waals surface area contributed by atoms with Gasteiger partial charge >= 0.3 is 5.97 Å². The molecule has 0 aromatic rings. The molecule has 7 heteroatoms. The van der Waals surface area contributed by atoms with Crippen molar-refractivity contribution in [3.63, 3.8) is 0 Å². The van der Waals surface area contributed by atoms with E-state index in [1.54, 1.807) is 0 Å². The summed E-state index contributed by atoms with van der Waals surface area (Å²) in [5.74, 6) is -1.13. The molecule has 1 aliphatic heterocycles. The first-order valence-corrected chi connectivity index (χ1v) is 9.39. The first-order valence-electron chi connectivity index (χ1n) is 7.57. The number of rotatable bonds is 5. The van der Waals surface area contributed by atoms with Gasteiger partial charge in [0.2, 0.25) is 5.91 Å². The van der Waals surface area contributed by atoms with Crippen molar-refractivity contribution < 1.29 is 23.1 Å². The molecule has 1 aliphatic carbocycles. The number of hydrogen-bond donors (Lipinski definition) is 2. The maximum atomic E-state index is 11.9. The summed E-state index contributed by atoms with van der Waals surface area (Å²) in [4.78, 5) is 23.1. The highest BCUT2D eigenvalue weighted by Gasteiger charge is 2.32. The van der Waals surface area contributed by atoms with E-state index in [0.717, 1.165) is 19.3 Å². The lowest BCUT2D eigenvalue weighted by Crippen LogP contribution is -2.37. The van der Waals surface area contributed by atoms with Crippen LogP contribution in [0.15, 0.2) is 0 Å². The van der Waals surface area contributed by atoms with E-state index in [1.807, 2.05) is 0 Å². The molecule has 0 radical (unpaired) electrons. The molecule has 0 aromatic heterocycles. The summed E-state index contributed by atoms with van der Waals surface area (Å²) in [7, 11) is -2.95. The van der Waals surface area contributed by atoms with Crippen LogP contribution in [0.3, 0.4) is 0 Å². The van der Waals surface area contributed by atoms with E-state index in [9.17, 15) is 23.1 Å². The van der Waals surface area contributed by atoms with Gasteiger partial charge in [-0.1, -0.05) is 12.8 Å². The van der Waals surface area contributed by atoms with Gasteiger partial charge in [-0.3, -0.25) is 9.59 Å². The normalized spacial score (nSPS) is 31.7. The predicted octanol–water partition coefficient (Wildman–Crippen LogP) is 0.818. The maximum Gasteiger partial charge on any atom is 0.306 e. The first kappa shape index (κ1) is 16.3. The summed E-state index contributed by atoms with van der Waals surface area (Å²) >= 11 is 0. The quantitative estimate of drug-likeness (QED) is 0.782. The number of carbonyl (C=O) groups is 2. The van der Waals surface area contributed by atoms with E-state index in [2.05, 4.69) is 5.32 Å². The molecule has 3 unspecified atom stereocenters. The lowest BCUT2D eigenvalue weighted by molar-refractivity contribution is -0.145. The van der Waals surface area contributed by atoms with Crippen molar-refractivity contribution in [3.05, 3.63) is 0 Å². The van der Waals surface area contributed by atoms with Crippen LogP contribution >= 0.6 is 0 Å². The zero-order chi connectivity index (χ0) is 15.5. The van der Waals surface area contributed by atoms with Crippen molar-refractivity contribution in [1.82, 2.24) is 5.32 Å². The number of carboxylic acids is 1. The minimum absolute atomic E-state index is 0.00693. The fraction of sp³-hybridized carbons (Fsp3) is 0.857. The van der Waals surface area contributed by atoms with Crippen LogP contribution in [0.4, 0.5) is 0 Å². The average Bonchev–Trinajstić information content (AvgIpc) is 2.75. The smallest absolute Gasteiger partial charge is 0.306 e. The number of nitrogens with one attached hydrogen (secondary N) is 1. The van der Waals surface area contributed by atoms with Gasteiger partial charge in [-0.05, 0) is 31.1 Å². The molecule has 2 rings (SSSR count). The first-order chi connectivity index (χ1) is 9.87. The van der Waals surface area contributed by atoms with Gasteiger partial charge in [0.25, 0.3) is 0 Å². The molecule has 0 aromatic carbocycles. The molecule has 1 amide bonds. The molecule has 1 saturated heterocycles. The van der Waals surface area contributed by atoms with Crippen molar-refractivity contribution in [1.29, 1.82) is 0 Å². The van der Waals surface area contributed by atoms with Crippen molar-refractivity contribution in [2.75, 3.05) is 18.1 Å². The summed E-state index contributed by atoms with van der Waals surface area (Å²) in [6, 6.07) is 0. The van der Waals surface area contributed by atoms with Gasteiger partial charge in [0.1, 0.15) is 0 Å². The summed E-state index contributed by atoms with van der Waals surface area (Å²) in [5, 5.41) is 12.0. The van der Waals surface area contributed by atoms with E-state index in [1.165, 1.54) is 0 Å². The molecule has 2 aliphatic rings. The lowest BCUT2D eigenvalue weighted by atomic mass is 9.79. The number of carbonyl (C=O) groups excluding carboxylic acids is 1. The van der Waals surface area contributed by atoms with Crippen LogP contribution in [0.1, 0.15) is 38.5 Å². The molecule has 2 N–H and O–H groups in total. The fourth-order valence-electron chi connectivity index (χ4n) is 3.39. The SMILES string of the molecule is O=C(CC1CCS(=O)(=O)C1)NCC1CCCCC1C(=O)O. The Balaban J connectivity index is 1.77. The van der Waals surface area contributed by atoms with Crippen LogP contribution in [-0.2, 0) is 19.4 Å². The van der Waals surface area contributed by atoms with Crippen molar-refractivity contribution in [3.8, 4) is 0 Å². The fourth-order valence-corrected chi connectivity index (χ4v) is 5.25. The van der Waals surface area contributed by atoms with Crippen LogP contribution in [0.5, 0.6) is 0 Å². The number of sulfone groups is 1. The highest BCUT2D eigenvalue weighted by atomic mass is 32.2. The monoisotopic (exact) mass is 317 g/mol. The summed E-state index contributed by atoms with van der Waals surface area (Å²) in [5.41, 5.74) is 0. The third-order valence-electron chi connectivity index (χ3n) is 4.59. The third-order valence-corrected chi connectivity index (χ3v) is 6.43. The van der Waals surface area contributed by atoms with Crippen molar-refractivity contribution in [2.24, 2.45) is 17.8 Å². The summed E-state index contributed by atoms with van der Waals surface area (Å²) in [6.07, 6.45) is 4.22. The van der Waals surface area contributed by atoms with Crippen LogP contribution < -0.4 is 5.32 Å². The zero-order valence-corrected chi connectivity index (χ0v) is 12.9. The van der Waals surface area contributed by atoms with Gasteiger partial charge < -0.3 is 10.4 Å². The van der Waals surface area contributed by atoms with E-state index in [-0.39, 0.29) is 41.6 Å². The van der Waals surface area contributed by atoms with Crippen molar-refractivity contribution in [2.45, 2.75) is 38.5 Å². The highest BCUT2D eigenvalue weighted by molar-refractivity contribution is 7.91. The standard InChI is InChI=1S/C14H23NO5S/c16-13(7-10-5-6-21(19,20)9-10)15-8-11-3-1-2-4-12(11)14(17)18/h10-12H,1-9H2,(H,15,16)(H,17,18). The van der Waals surface area contributed by atoms with E-state index < -0.39 is 15.8 Å². The Kier molecular flexibility index (Phi) is 5.24. The van der Waals surface area contributed by atoms with E-state index in [4.69, 9.17) is 0 Å². The third kappa shape index (κ3) is 4.69. The Morgan fingerprint density at radius 1 is 1.14 bits per heavy atom. The molecule has 1 saturated carbocycles. The van der Waals surface area contributed by atoms with Crippen LogP contribution in [0.2, 0.25) is 0 Å². The van der Waals surface area contributed by atoms with Gasteiger partial charge in [-0.25, -0.2) is 8.42 Å². The summed E-state index contributed by atoms with van der Waals surface area (Å²) < 4.78 is 22.7. The molecular formula is C14H23NO5S. The van der Waals surface area contributed by atoms with Crippen LogP contribution in [-0.4, -0.2) is 43.5 Å². The minimum atomic E-state index is -2.95.